The summed E-state index contributed by atoms with van der Waals surface area (Å²) in [4.78, 5) is 18.6. The van der Waals surface area contributed by atoms with Crippen LogP contribution in [0.25, 0.3) is 11.4 Å². The van der Waals surface area contributed by atoms with Crippen LogP contribution in [0, 0.1) is 0 Å². The third-order valence-corrected chi connectivity index (χ3v) is 5.68. The summed E-state index contributed by atoms with van der Waals surface area (Å²) in [6.45, 7) is 4.05. The highest BCUT2D eigenvalue weighted by atomic mass is 16.5. The van der Waals surface area contributed by atoms with Crippen molar-refractivity contribution in [3.8, 4) is 22.9 Å². The molecule has 0 unspecified atom stereocenters. The predicted molar refractivity (Wildman–Crippen MR) is 120 cm³/mol. The molecule has 1 N–H and O–H groups in total. The fourth-order valence-electron chi connectivity index (χ4n) is 4.09. The van der Waals surface area contributed by atoms with Crippen molar-refractivity contribution >= 4 is 11.6 Å². The van der Waals surface area contributed by atoms with Crippen LogP contribution in [0.3, 0.4) is 0 Å². The molecule has 3 aromatic rings. The van der Waals surface area contributed by atoms with Crippen LogP contribution in [0.4, 0.5) is 5.69 Å². The average Bonchev–Trinajstić information content (AvgIpc) is 3.10. The van der Waals surface area contributed by atoms with Crippen LogP contribution < -0.4 is 14.8 Å². The monoisotopic (exact) mass is 420 g/mol. The second-order valence-electron chi connectivity index (χ2n) is 7.78. The number of rotatable bonds is 6. The summed E-state index contributed by atoms with van der Waals surface area (Å²) in [6.07, 6.45) is 0.902. The van der Waals surface area contributed by atoms with Crippen LogP contribution >= 0.6 is 0 Å². The highest BCUT2D eigenvalue weighted by molar-refractivity contribution is 5.88. The van der Waals surface area contributed by atoms with Gasteiger partial charge in [-0.1, -0.05) is 0 Å². The number of hydrogen-bond donors (Lipinski definition) is 1. The molecule has 0 atom stereocenters. The molecule has 0 fully saturated rings. The van der Waals surface area contributed by atoms with Gasteiger partial charge in [-0.25, -0.2) is 4.98 Å². The number of aromatic nitrogens is 2. The molecule has 1 amide bonds. The standard InChI is InChI=1S/C24H28N4O3/c1-16(29)25-19-7-5-17(6-8-19)24-26-21-11-12-28(15-22(21)27(24)2)14-18-13-20(30-3)9-10-23(18)31-4/h5-10,13H,11-12,14-15H2,1-4H3,(H,25,29). The summed E-state index contributed by atoms with van der Waals surface area (Å²) >= 11 is 0. The topological polar surface area (TPSA) is 68.6 Å². The fraction of sp³-hybridized carbons (Fsp3) is 0.333. The van der Waals surface area contributed by atoms with E-state index in [1.807, 2.05) is 42.5 Å². The molecule has 1 aliphatic heterocycles. The van der Waals surface area contributed by atoms with Crippen molar-refractivity contribution in [2.75, 3.05) is 26.1 Å². The molecule has 0 saturated carbocycles. The van der Waals surface area contributed by atoms with Crippen molar-refractivity contribution in [3.63, 3.8) is 0 Å². The normalized spacial score (nSPS) is 13.5. The molecular formula is C24H28N4O3. The van der Waals surface area contributed by atoms with Gasteiger partial charge in [-0.3, -0.25) is 9.69 Å². The van der Waals surface area contributed by atoms with Crippen molar-refractivity contribution in [2.24, 2.45) is 7.05 Å². The smallest absolute Gasteiger partial charge is 0.221 e. The van der Waals surface area contributed by atoms with Gasteiger partial charge in [0.25, 0.3) is 0 Å². The van der Waals surface area contributed by atoms with Gasteiger partial charge in [0.15, 0.2) is 0 Å². The molecule has 7 heteroatoms. The molecular weight excluding hydrogens is 392 g/mol. The SMILES string of the molecule is COc1ccc(OC)c(CN2CCc3nc(-c4ccc(NC(C)=O)cc4)n(C)c3C2)c1. The van der Waals surface area contributed by atoms with E-state index >= 15 is 0 Å². The number of ether oxygens (including phenoxy) is 2. The average molecular weight is 421 g/mol. The molecule has 2 aromatic carbocycles. The van der Waals surface area contributed by atoms with Crippen LogP contribution in [0.1, 0.15) is 23.9 Å². The molecule has 31 heavy (non-hydrogen) atoms. The summed E-state index contributed by atoms with van der Waals surface area (Å²) in [5, 5.41) is 2.80. The van der Waals surface area contributed by atoms with E-state index < -0.39 is 0 Å². The van der Waals surface area contributed by atoms with E-state index in [2.05, 4.69) is 21.8 Å². The molecule has 4 rings (SSSR count). The summed E-state index contributed by atoms with van der Waals surface area (Å²) in [7, 11) is 5.45. The lowest BCUT2D eigenvalue weighted by Crippen LogP contribution is -2.31. The quantitative estimate of drug-likeness (QED) is 0.660. The Morgan fingerprint density at radius 2 is 1.90 bits per heavy atom. The number of hydrogen-bond acceptors (Lipinski definition) is 5. The Morgan fingerprint density at radius 1 is 1.13 bits per heavy atom. The fourth-order valence-corrected chi connectivity index (χ4v) is 4.09. The molecule has 0 radical (unpaired) electrons. The maximum absolute atomic E-state index is 11.2. The molecule has 0 spiro atoms. The number of benzene rings is 2. The van der Waals surface area contributed by atoms with Crippen molar-refractivity contribution < 1.29 is 14.3 Å². The Balaban J connectivity index is 1.54. The number of carbonyl (C=O) groups excluding carboxylic acids is 1. The Bertz CT molecular complexity index is 1090. The van der Waals surface area contributed by atoms with Gasteiger partial charge in [0, 0.05) is 56.8 Å². The minimum Gasteiger partial charge on any atom is -0.497 e. The Labute approximate surface area is 182 Å². The van der Waals surface area contributed by atoms with Crippen LogP contribution in [0.15, 0.2) is 42.5 Å². The van der Waals surface area contributed by atoms with Gasteiger partial charge in [0.1, 0.15) is 17.3 Å². The number of amides is 1. The van der Waals surface area contributed by atoms with E-state index in [1.54, 1.807) is 14.2 Å². The first-order chi connectivity index (χ1) is 15.0. The maximum Gasteiger partial charge on any atom is 0.221 e. The number of carbonyl (C=O) groups is 1. The van der Waals surface area contributed by atoms with Gasteiger partial charge >= 0.3 is 0 Å². The zero-order valence-corrected chi connectivity index (χ0v) is 18.4. The van der Waals surface area contributed by atoms with E-state index in [0.717, 1.165) is 65.9 Å². The molecule has 0 bridgehead atoms. The van der Waals surface area contributed by atoms with Crippen molar-refractivity contribution in [1.82, 2.24) is 14.5 Å². The minimum absolute atomic E-state index is 0.0760. The van der Waals surface area contributed by atoms with Gasteiger partial charge in [-0.2, -0.15) is 0 Å². The first-order valence-electron chi connectivity index (χ1n) is 10.3. The van der Waals surface area contributed by atoms with E-state index in [9.17, 15) is 4.79 Å². The van der Waals surface area contributed by atoms with Crippen LogP contribution in [0.2, 0.25) is 0 Å². The molecule has 162 valence electrons. The number of methoxy groups -OCH3 is 2. The number of nitrogens with zero attached hydrogens (tertiary/aromatic N) is 3. The second kappa shape index (κ2) is 8.81. The lowest BCUT2D eigenvalue weighted by molar-refractivity contribution is -0.114. The number of fused-ring (bicyclic) bond motifs is 1. The summed E-state index contributed by atoms with van der Waals surface area (Å²) in [5.41, 5.74) is 5.31. The molecule has 1 aliphatic rings. The van der Waals surface area contributed by atoms with E-state index in [1.165, 1.54) is 12.6 Å². The summed E-state index contributed by atoms with van der Waals surface area (Å²) < 4.78 is 13.1. The zero-order chi connectivity index (χ0) is 22.0. The Hall–Kier alpha value is -3.32. The molecule has 7 nitrogen and oxygen atoms in total. The van der Waals surface area contributed by atoms with E-state index in [0.29, 0.717) is 0 Å². The molecule has 1 aromatic heterocycles. The first kappa shape index (κ1) is 20.9. The van der Waals surface area contributed by atoms with Gasteiger partial charge in [-0.05, 0) is 42.5 Å². The zero-order valence-electron chi connectivity index (χ0n) is 18.4. The maximum atomic E-state index is 11.2. The van der Waals surface area contributed by atoms with Crippen molar-refractivity contribution in [3.05, 3.63) is 59.4 Å². The summed E-state index contributed by atoms with van der Waals surface area (Å²) in [6, 6.07) is 13.7. The van der Waals surface area contributed by atoms with Crippen molar-refractivity contribution in [1.29, 1.82) is 0 Å². The largest absolute Gasteiger partial charge is 0.497 e. The molecule has 2 heterocycles. The minimum atomic E-state index is -0.0760. The third-order valence-electron chi connectivity index (χ3n) is 5.68. The van der Waals surface area contributed by atoms with Crippen LogP contribution in [-0.4, -0.2) is 41.1 Å². The number of imidazole rings is 1. The van der Waals surface area contributed by atoms with Crippen molar-refractivity contribution in [2.45, 2.75) is 26.4 Å². The molecule has 0 saturated heterocycles. The Morgan fingerprint density at radius 3 is 2.58 bits per heavy atom. The van der Waals surface area contributed by atoms with Crippen LogP contribution in [-0.2, 0) is 31.4 Å². The first-order valence-corrected chi connectivity index (χ1v) is 10.3. The number of nitrogens with one attached hydrogen (secondary N) is 1. The van der Waals surface area contributed by atoms with Gasteiger partial charge in [0.05, 0.1) is 25.6 Å². The Kier molecular flexibility index (Phi) is 5.95. The third kappa shape index (κ3) is 4.41. The number of anilines is 1. The highest BCUT2D eigenvalue weighted by Gasteiger charge is 2.24. The lowest BCUT2D eigenvalue weighted by atomic mass is 10.1. The predicted octanol–water partition coefficient (Wildman–Crippen LogP) is 3.62. The lowest BCUT2D eigenvalue weighted by Gasteiger charge is -2.27. The van der Waals surface area contributed by atoms with E-state index in [-0.39, 0.29) is 5.91 Å². The highest BCUT2D eigenvalue weighted by Crippen LogP contribution is 2.30. The second-order valence-corrected chi connectivity index (χ2v) is 7.78. The van der Waals surface area contributed by atoms with Gasteiger partial charge in [0.2, 0.25) is 5.91 Å². The summed E-state index contributed by atoms with van der Waals surface area (Å²) in [5.74, 6) is 2.57. The van der Waals surface area contributed by atoms with Crippen LogP contribution in [0.5, 0.6) is 11.5 Å². The van der Waals surface area contributed by atoms with E-state index in [4.69, 9.17) is 14.5 Å². The molecule has 0 aliphatic carbocycles. The van der Waals surface area contributed by atoms with Gasteiger partial charge < -0.3 is 19.4 Å². The van der Waals surface area contributed by atoms with Gasteiger partial charge in [-0.15, -0.1) is 0 Å².